The van der Waals surface area contributed by atoms with Crippen LogP contribution in [0.3, 0.4) is 0 Å². The summed E-state index contributed by atoms with van der Waals surface area (Å²) in [6.07, 6.45) is -15.1. The van der Waals surface area contributed by atoms with Gasteiger partial charge in [-0.3, -0.25) is 0 Å². The minimum Gasteiger partial charge on any atom is -0.394 e. The molecule has 64 heavy (non-hydrogen) atoms. The largest absolute Gasteiger partial charge is 0.394 e. The first kappa shape index (κ1) is 49.7. The van der Waals surface area contributed by atoms with Crippen molar-refractivity contribution in [3.63, 3.8) is 0 Å². The van der Waals surface area contributed by atoms with Gasteiger partial charge in [0.2, 0.25) is 0 Å². The first-order valence-corrected chi connectivity index (χ1v) is 23.8. The Morgan fingerprint density at radius 3 is 1.98 bits per heavy atom. The Kier molecular flexibility index (Phi) is 13.4. The number of hydrogen-bond donors (Lipinski definition) is 12. The highest BCUT2D eigenvalue weighted by Crippen LogP contribution is 2.89. The van der Waals surface area contributed by atoms with Crippen LogP contribution in [0.1, 0.15) is 106 Å². The van der Waals surface area contributed by atoms with Crippen molar-refractivity contribution in [2.24, 2.45) is 50.7 Å². The van der Waals surface area contributed by atoms with Crippen molar-refractivity contribution in [3.8, 4) is 0 Å². The van der Waals surface area contributed by atoms with Gasteiger partial charge in [0, 0.05) is 0 Å². The number of rotatable bonds is 12. The van der Waals surface area contributed by atoms with Crippen LogP contribution in [-0.4, -0.2) is 191 Å². The third-order valence-electron chi connectivity index (χ3n) is 19.0. The lowest BCUT2D eigenvalue weighted by molar-refractivity contribution is -0.356. The second-order valence-corrected chi connectivity index (χ2v) is 23.1. The molecular formula is C46H78O18. The summed E-state index contributed by atoms with van der Waals surface area (Å²) in [5, 5.41) is 129. The second-order valence-electron chi connectivity index (χ2n) is 23.1. The third-order valence-corrected chi connectivity index (χ3v) is 19.0. The molecule has 3 saturated heterocycles. The number of fused-ring (bicyclic) bond motifs is 2. The maximum Gasteiger partial charge on any atom is 0.186 e. The van der Waals surface area contributed by atoms with Crippen molar-refractivity contribution in [3.05, 3.63) is 0 Å². The zero-order chi connectivity index (χ0) is 46.9. The van der Waals surface area contributed by atoms with Crippen LogP contribution in [-0.2, 0) is 28.4 Å². The van der Waals surface area contributed by atoms with Crippen molar-refractivity contribution in [1.29, 1.82) is 0 Å². The molecule has 0 aromatic heterocycles. The molecule has 25 atom stereocenters. The molecule has 0 bridgehead atoms. The summed E-state index contributed by atoms with van der Waals surface area (Å²) in [6.45, 7) is 13.0. The highest BCUT2D eigenvalue weighted by molar-refractivity contribution is 5.32. The van der Waals surface area contributed by atoms with Gasteiger partial charge in [-0.05, 0) is 122 Å². The van der Waals surface area contributed by atoms with Gasteiger partial charge in [-0.25, -0.2) is 0 Å². The molecule has 3 aliphatic heterocycles. The van der Waals surface area contributed by atoms with E-state index < -0.39 is 127 Å². The summed E-state index contributed by atoms with van der Waals surface area (Å²) in [6, 6.07) is 0. The molecule has 8 aliphatic rings. The number of aliphatic hydroxyl groups is 12. The van der Waals surface area contributed by atoms with Crippen LogP contribution in [0.2, 0.25) is 0 Å². The van der Waals surface area contributed by atoms with Gasteiger partial charge >= 0.3 is 0 Å². The Hall–Kier alpha value is -0.720. The molecule has 3 heterocycles. The molecule has 8 fully saturated rings. The minimum atomic E-state index is -1.64. The molecule has 0 amide bonds. The summed E-state index contributed by atoms with van der Waals surface area (Å²) >= 11 is 0. The Morgan fingerprint density at radius 1 is 0.688 bits per heavy atom. The van der Waals surface area contributed by atoms with E-state index in [1.165, 1.54) is 0 Å². The van der Waals surface area contributed by atoms with Crippen LogP contribution < -0.4 is 0 Å². The molecular weight excluding hydrogens is 840 g/mol. The van der Waals surface area contributed by atoms with Crippen molar-refractivity contribution >= 4 is 0 Å². The second kappa shape index (κ2) is 17.3. The first-order chi connectivity index (χ1) is 29.8. The van der Waals surface area contributed by atoms with E-state index in [1.54, 1.807) is 13.8 Å². The van der Waals surface area contributed by atoms with Crippen molar-refractivity contribution in [1.82, 2.24) is 0 Å². The highest BCUT2D eigenvalue weighted by atomic mass is 16.8. The van der Waals surface area contributed by atoms with E-state index in [4.69, 9.17) is 28.4 Å². The third kappa shape index (κ3) is 7.68. The smallest absolute Gasteiger partial charge is 0.186 e. The number of ether oxygens (including phenoxy) is 6. The van der Waals surface area contributed by atoms with E-state index >= 15 is 0 Å². The molecule has 0 unspecified atom stereocenters. The Morgan fingerprint density at radius 2 is 1.33 bits per heavy atom. The van der Waals surface area contributed by atoms with Gasteiger partial charge < -0.3 is 89.7 Å². The molecule has 2 spiro atoms. The Bertz CT molecular complexity index is 1650. The molecule has 8 rings (SSSR count). The topological polar surface area (TPSA) is 298 Å². The molecule has 0 radical (unpaired) electrons. The van der Waals surface area contributed by atoms with Gasteiger partial charge in [0.1, 0.15) is 61.0 Å². The molecule has 0 aromatic rings. The van der Waals surface area contributed by atoms with Gasteiger partial charge in [-0.1, -0.05) is 34.6 Å². The SMILES string of the molecule is C[C@H](CC[C@H](O)C(C)(C)O)[C@@H]1[C@H](O[C@@H]2O[C@H](CO)[C@@H](O)[C@H](O)[C@@H]2O)C[C@@]2(C)[C@@H]3C[C@H](O)[C@@H]4C(C)(C)[C@H](O[C@@H]5OC[C@@H](O)[C@H](O)[C@@H]5O[C@@H]5OC[C@H](O)[C@@H](O)[C@H]5O)CC[C@@]45C[C@@]35CC[C@]12C. The minimum absolute atomic E-state index is 0.0345. The van der Waals surface area contributed by atoms with Crippen molar-refractivity contribution in [2.45, 2.75) is 216 Å². The summed E-state index contributed by atoms with van der Waals surface area (Å²) in [5.74, 6) is -0.269. The van der Waals surface area contributed by atoms with Gasteiger partial charge in [-0.15, -0.1) is 0 Å². The van der Waals surface area contributed by atoms with Crippen LogP contribution in [0.4, 0.5) is 0 Å². The first-order valence-electron chi connectivity index (χ1n) is 23.8. The number of hydrogen-bond acceptors (Lipinski definition) is 18. The summed E-state index contributed by atoms with van der Waals surface area (Å²) in [5.41, 5.74) is -2.98. The lowest BCUT2D eigenvalue weighted by atomic mass is 9.41. The van der Waals surface area contributed by atoms with Gasteiger partial charge in [0.25, 0.3) is 0 Å². The van der Waals surface area contributed by atoms with Crippen molar-refractivity contribution < 1.29 is 89.7 Å². The van der Waals surface area contributed by atoms with Crippen molar-refractivity contribution in [2.75, 3.05) is 19.8 Å². The molecule has 12 N–H and O–H groups in total. The fourth-order valence-corrected chi connectivity index (χ4v) is 15.4. The van der Waals surface area contributed by atoms with Crippen LogP contribution in [0.5, 0.6) is 0 Å². The zero-order valence-electron chi connectivity index (χ0n) is 38.4. The lowest BCUT2D eigenvalue weighted by Crippen LogP contribution is -2.63. The highest BCUT2D eigenvalue weighted by Gasteiger charge is 2.84. The summed E-state index contributed by atoms with van der Waals surface area (Å²) < 4.78 is 36.8. The molecule has 5 aliphatic carbocycles. The normalized spacial score (nSPS) is 54.5. The fourth-order valence-electron chi connectivity index (χ4n) is 15.4. The average molecular weight is 919 g/mol. The Labute approximate surface area is 375 Å². The lowest BCUT2D eigenvalue weighted by Gasteiger charge is -2.64. The van der Waals surface area contributed by atoms with Crippen LogP contribution >= 0.6 is 0 Å². The van der Waals surface area contributed by atoms with E-state index in [9.17, 15) is 61.3 Å². The van der Waals surface area contributed by atoms with E-state index in [0.29, 0.717) is 32.1 Å². The quantitative estimate of drug-likeness (QED) is 0.105. The van der Waals surface area contributed by atoms with Crippen LogP contribution in [0.15, 0.2) is 0 Å². The molecule has 5 saturated carbocycles. The van der Waals surface area contributed by atoms with Gasteiger partial charge in [0.05, 0.1) is 49.8 Å². The summed E-state index contributed by atoms with van der Waals surface area (Å²) in [7, 11) is 0. The zero-order valence-corrected chi connectivity index (χ0v) is 38.4. The molecule has 18 heteroatoms. The van der Waals surface area contributed by atoms with Gasteiger partial charge in [-0.2, -0.15) is 0 Å². The fraction of sp³-hybridized carbons (Fsp3) is 1.00. The predicted molar refractivity (Wildman–Crippen MR) is 222 cm³/mol. The number of aliphatic hydroxyl groups excluding tert-OH is 11. The van der Waals surface area contributed by atoms with E-state index in [2.05, 4.69) is 34.6 Å². The van der Waals surface area contributed by atoms with Crippen LogP contribution in [0.25, 0.3) is 0 Å². The Balaban J connectivity index is 1.05. The molecule has 0 aromatic carbocycles. The maximum atomic E-state index is 12.6. The average Bonchev–Trinajstić information content (AvgIpc) is 3.81. The summed E-state index contributed by atoms with van der Waals surface area (Å²) in [4.78, 5) is 0. The standard InChI is InChI=1S/C46H78O18/c1-20(8-9-27(51)42(4,5)58)29-24(61-39-35(57)33(55)32(54)25(16-47)62-39)15-44(7)26-14-21(48)37-41(2,3)28(10-11-46(37)19-45(26,46)13-12-43(29,44)6)63-40-36(31(53)23(50)18-60-40)64-38-34(56)30(52)22(49)17-59-38/h20-40,47-58H,8-19H2,1-7H3/t20-,21+,22+,23-,24-,25-,26+,27+,28-,29-,30-,31+,32-,33+,34-,35+,36+,37-,38+,39-,40+,43-,44+,45+,46-/m1/s1. The monoisotopic (exact) mass is 919 g/mol. The van der Waals surface area contributed by atoms with Gasteiger partial charge in [0.15, 0.2) is 18.9 Å². The molecule has 370 valence electrons. The van der Waals surface area contributed by atoms with E-state index in [0.717, 1.165) is 25.7 Å². The molecule has 18 nitrogen and oxygen atoms in total. The van der Waals surface area contributed by atoms with E-state index in [-0.39, 0.29) is 53.1 Å². The maximum absolute atomic E-state index is 12.6. The predicted octanol–water partition coefficient (Wildman–Crippen LogP) is -0.973. The van der Waals surface area contributed by atoms with Crippen LogP contribution in [0, 0.1) is 50.7 Å². The van der Waals surface area contributed by atoms with E-state index in [1.807, 2.05) is 0 Å².